The van der Waals surface area contributed by atoms with Gasteiger partial charge in [-0.2, -0.15) is 0 Å². The summed E-state index contributed by atoms with van der Waals surface area (Å²) in [7, 11) is 2.09. The van der Waals surface area contributed by atoms with Crippen LogP contribution in [-0.2, 0) is 4.79 Å². The summed E-state index contributed by atoms with van der Waals surface area (Å²) in [6.07, 6.45) is 0. The van der Waals surface area contributed by atoms with Crippen LogP contribution >= 0.6 is 0 Å². The summed E-state index contributed by atoms with van der Waals surface area (Å²) in [5.74, 6) is 0.0388. The highest BCUT2D eigenvalue weighted by Crippen LogP contribution is 2.25. The predicted molar refractivity (Wildman–Crippen MR) is 72.0 cm³/mol. The van der Waals surface area contributed by atoms with E-state index in [1.165, 1.54) is 5.56 Å². The van der Waals surface area contributed by atoms with Crippen molar-refractivity contribution in [3.05, 3.63) is 35.9 Å². The lowest BCUT2D eigenvalue weighted by atomic mass is 10.0. The van der Waals surface area contributed by atoms with Crippen molar-refractivity contribution < 1.29 is 4.79 Å². The molecule has 1 aromatic carbocycles. The van der Waals surface area contributed by atoms with Gasteiger partial charge in [-0.05, 0) is 19.5 Å². The third kappa shape index (κ3) is 2.71. The third-order valence-corrected chi connectivity index (χ3v) is 3.44. The summed E-state index contributed by atoms with van der Waals surface area (Å²) in [6, 6.07) is 9.85. The van der Waals surface area contributed by atoms with Gasteiger partial charge in [0.15, 0.2) is 0 Å². The van der Waals surface area contributed by atoms with Gasteiger partial charge >= 0.3 is 0 Å². The molecule has 1 heterocycles. The number of carbonyl (C=O) groups excluding carboxylic acids is 1. The van der Waals surface area contributed by atoms with Crippen LogP contribution in [-0.4, -0.2) is 48.4 Å². The van der Waals surface area contributed by atoms with Crippen LogP contribution in [0.4, 0.5) is 0 Å². The van der Waals surface area contributed by atoms with Crippen molar-refractivity contribution in [1.29, 1.82) is 0 Å². The van der Waals surface area contributed by atoms with Crippen LogP contribution in [0.5, 0.6) is 0 Å². The first-order valence-electron chi connectivity index (χ1n) is 6.39. The molecule has 0 aromatic heterocycles. The zero-order valence-electron chi connectivity index (χ0n) is 11.0. The van der Waals surface area contributed by atoms with Crippen LogP contribution < -0.4 is 5.73 Å². The SMILES string of the molecule is C[C@H](N)C(=O)N1CCN(C)C[C@@H]1c1ccccc1. The molecule has 0 spiro atoms. The second-order valence-electron chi connectivity index (χ2n) is 5.01. The maximum absolute atomic E-state index is 12.2. The first-order chi connectivity index (χ1) is 8.59. The number of amides is 1. The molecule has 0 bridgehead atoms. The fraction of sp³-hybridized carbons (Fsp3) is 0.500. The Bertz CT molecular complexity index is 405. The highest BCUT2D eigenvalue weighted by molar-refractivity contribution is 5.81. The Kier molecular flexibility index (Phi) is 3.99. The van der Waals surface area contributed by atoms with E-state index in [9.17, 15) is 4.79 Å². The lowest BCUT2D eigenvalue weighted by Gasteiger charge is -2.41. The Morgan fingerprint density at radius 2 is 2.00 bits per heavy atom. The van der Waals surface area contributed by atoms with Gasteiger partial charge in [-0.15, -0.1) is 0 Å². The number of nitrogens with zero attached hydrogens (tertiary/aromatic N) is 2. The molecule has 1 amide bonds. The topological polar surface area (TPSA) is 49.6 Å². The van der Waals surface area contributed by atoms with Crippen LogP contribution in [0.25, 0.3) is 0 Å². The molecular formula is C14H21N3O. The summed E-state index contributed by atoms with van der Waals surface area (Å²) >= 11 is 0. The van der Waals surface area contributed by atoms with Crippen molar-refractivity contribution in [1.82, 2.24) is 9.80 Å². The van der Waals surface area contributed by atoms with E-state index >= 15 is 0 Å². The zero-order chi connectivity index (χ0) is 13.1. The van der Waals surface area contributed by atoms with Crippen molar-refractivity contribution in [2.24, 2.45) is 5.73 Å². The summed E-state index contributed by atoms with van der Waals surface area (Å²) in [4.78, 5) is 16.3. The van der Waals surface area contributed by atoms with Gasteiger partial charge < -0.3 is 15.5 Å². The molecule has 1 aliphatic heterocycles. The molecule has 2 atom stereocenters. The summed E-state index contributed by atoms with van der Waals surface area (Å²) in [5.41, 5.74) is 6.92. The van der Waals surface area contributed by atoms with Gasteiger partial charge in [-0.3, -0.25) is 4.79 Å². The summed E-state index contributed by atoms with van der Waals surface area (Å²) in [5, 5.41) is 0. The zero-order valence-corrected chi connectivity index (χ0v) is 11.0. The lowest BCUT2D eigenvalue weighted by Crippen LogP contribution is -2.53. The van der Waals surface area contributed by atoms with Gasteiger partial charge in [0.2, 0.25) is 5.91 Å². The monoisotopic (exact) mass is 247 g/mol. The van der Waals surface area contributed by atoms with Crippen LogP contribution in [0, 0.1) is 0 Å². The molecule has 0 saturated carbocycles. The highest BCUT2D eigenvalue weighted by atomic mass is 16.2. The van der Waals surface area contributed by atoms with E-state index in [4.69, 9.17) is 5.73 Å². The molecule has 1 aromatic rings. The van der Waals surface area contributed by atoms with Gasteiger partial charge in [0, 0.05) is 19.6 Å². The average Bonchev–Trinajstić information content (AvgIpc) is 2.39. The molecule has 2 rings (SSSR count). The van der Waals surface area contributed by atoms with Gasteiger partial charge in [0.25, 0.3) is 0 Å². The largest absolute Gasteiger partial charge is 0.332 e. The number of piperazine rings is 1. The maximum Gasteiger partial charge on any atom is 0.239 e. The first-order valence-corrected chi connectivity index (χ1v) is 6.39. The molecule has 1 saturated heterocycles. The molecule has 4 heteroatoms. The van der Waals surface area contributed by atoms with E-state index < -0.39 is 6.04 Å². The standard InChI is InChI=1S/C14H21N3O/c1-11(15)14(18)17-9-8-16(2)10-13(17)12-6-4-3-5-7-12/h3-7,11,13H,8-10,15H2,1-2H3/t11-,13+/m0/s1. The fourth-order valence-electron chi connectivity index (χ4n) is 2.41. The van der Waals surface area contributed by atoms with E-state index in [1.54, 1.807) is 6.92 Å². The normalized spacial score (nSPS) is 22.8. The quantitative estimate of drug-likeness (QED) is 0.843. The van der Waals surface area contributed by atoms with E-state index in [0.29, 0.717) is 0 Å². The smallest absolute Gasteiger partial charge is 0.239 e. The molecule has 98 valence electrons. The Balaban J connectivity index is 2.24. The number of benzene rings is 1. The van der Waals surface area contributed by atoms with Gasteiger partial charge in [0.05, 0.1) is 12.1 Å². The van der Waals surface area contributed by atoms with Crippen molar-refractivity contribution in [2.45, 2.75) is 19.0 Å². The van der Waals surface area contributed by atoms with Gasteiger partial charge in [0.1, 0.15) is 0 Å². The second-order valence-corrected chi connectivity index (χ2v) is 5.01. The van der Waals surface area contributed by atoms with E-state index in [2.05, 4.69) is 24.1 Å². The second kappa shape index (κ2) is 5.50. The molecule has 1 fully saturated rings. The molecule has 0 unspecified atom stereocenters. The maximum atomic E-state index is 12.2. The molecule has 18 heavy (non-hydrogen) atoms. The third-order valence-electron chi connectivity index (χ3n) is 3.44. The summed E-state index contributed by atoms with van der Waals surface area (Å²) in [6.45, 7) is 4.27. The average molecular weight is 247 g/mol. The Labute approximate surface area is 108 Å². The lowest BCUT2D eigenvalue weighted by molar-refractivity contribution is -0.137. The van der Waals surface area contributed by atoms with E-state index in [-0.39, 0.29) is 11.9 Å². The number of likely N-dealkylation sites (N-methyl/N-ethyl adjacent to an activating group) is 1. The van der Waals surface area contributed by atoms with Crippen LogP contribution in [0.2, 0.25) is 0 Å². The molecule has 4 nitrogen and oxygen atoms in total. The van der Waals surface area contributed by atoms with E-state index in [0.717, 1.165) is 19.6 Å². The van der Waals surface area contributed by atoms with Crippen molar-refractivity contribution >= 4 is 5.91 Å². The summed E-state index contributed by atoms with van der Waals surface area (Å²) < 4.78 is 0. The van der Waals surface area contributed by atoms with Crippen LogP contribution in [0.1, 0.15) is 18.5 Å². The van der Waals surface area contributed by atoms with Crippen molar-refractivity contribution in [3.63, 3.8) is 0 Å². The van der Waals surface area contributed by atoms with Gasteiger partial charge in [-0.1, -0.05) is 30.3 Å². The minimum atomic E-state index is -0.431. The molecule has 0 radical (unpaired) electrons. The minimum absolute atomic E-state index is 0.0388. The first kappa shape index (κ1) is 13.1. The molecule has 0 aliphatic carbocycles. The Morgan fingerprint density at radius 3 is 2.61 bits per heavy atom. The number of carbonyl (C=O) groups is 1. The van der Waals surface area contributed by atoms with Crippen LogP contribution in [0.15, 0.2) is 30.3 Å². The number of hydrogen-bond acceptors (Lipinski definition) is 3. The van der Waals surface area contributed by atoms with Crippen LogP contribution in [0.3, 0.4) is 0 Å². The number of rotatable bonds is 2. The van der Waals surface area contributed by atoms with Gasteiger partial charge in [-0.25, -0.2) is 0 Å². The number of hydrogen-bond donors (Lipinski definition) is 1. The predicted octanol–water partition coefficient (Wildman–Crippen LogP) is 0.849. The van der Waals surface area contributed by atoms with Crippen molar-refractivity contribution in [2.75, 3.05) is 26.7 Å². The molecular weight excluding hydrogens is 226 g/mol. The molecule has 2 N–H and O–H groups in total. The Morgan fingerprint density at radius 1 is 1.33 bits per heavy atom. The minimum Gasteiger partial charge on any atom is -0.332 e. The Hall–Kier alpha value is -1.39. The molecule has 1 aliphatic rings. The number of nitrogens with two attached hydrogens (primary N) is 1. The highest BCUT2D eigenvalue weighted by Gasteiger charge is 2.31. The van der Waals surface area contributed by atoms with E-state index in [1.807, 2.05) is 23.1 Å². The van der Waals surface area contributed by atoms with Crippen molar-refractivity contribution in [3.8, 4) is 0 Å². The fourth-order valence-corrected chi connectivity index (χ4v) is 2.41.